The van der Waals surface area contributed by atoms with E-state index < -0.39 is 11.7 Å². The lowest BCUT2D eigenvalue weighted by molar-refractivity contribution is -0.137. The molecule has 1 amide bonds. The molecule has 2 heterocycles. The van der Waals surface area contributed by atoms with Gasteiger partial charge in [0, 0.05) is 25.3 Å². The maximum Gasteiger partial charge on any atom is 0.417 e. The van der Waals surface area contributed by atoms with Crippen LogP contribution < -0.4 is 10.2 Å². The van der Waals surface area contributed by atoms with Gasteiger partial charge in [-0.2, -0.15) is 13.2 Å². The lowest BCUT2D eigenvalue weighted by atomic mass is 10.1. The molecule has 1 aromatic carbocycles. The lowest BCUT2D eigenvalue weighted by Gasteiger charge is -2.20. The van der Waals surface area contributed by atoms with Crippen molar-refractivity contribution in [2.45, 2.75) is 43.8 Å². The molecule has 1 aromatic heterocycles. The molecule has 4 nitrogen and oxygen atoms in total. The number of nitrogens with one attached hydrogen (secondary N) is 1. The minimum absolute atomic E-state index is 0.0619. The predicted molar refractivity (Wildman–Crippen MR) is 100 cm³/mol. The fraction of sp³-hybridized carbons (Fsp3) is 0.429. The highest BCUT2D eigenvalue weighted by Crippen LogP contribution is 2.39. The van der Waals surface area contributed by atoms with Crippen molar-refractivity contribution >= 4 is 11.6 Å². The molecule has 28 heavy (non-hydrogen) atoms. The third-order valence-corrected chi connectivity index (χ3v) is 5.36. The predicted octanol–water partition coefficient (Wildman–Crippen LogP) is 3.92. The quantitative estimate of drug-likeness (QED) is 0.843. The second-order valence-corrected chi connectivity index (χ2v) is 7.62. The van der Waals surface area contributed by atoms with Gasteiger partial charge in [-0.05, 0) is 42.4 Å². The van der Waals surface area contributed by atoms with Crippen molar-refractivity contribution in [3.8, 4) is 0 Å². The summed E-state index contributed by atoms with van der Waals surface area (Å²) in [7, 11) is 0. The lowest BCUT2D eigenvalue weighted by Crippen LogP contribution is -2.38. The molecule has 2 aromatic rings. The molecule has 0 spiro atoms. The molecule has 4 rings (SSSR count). The van der Waals surface area contributed by atoms with Gasteiger partial charge in [0.05, 0.1) is 23.9 Å². The monoisotopic (exact) mass is 389 g/mol. The van der Waals surface area contributed by atoms with Crippen LogP contribution in [0.5, 0.6) is 0 Å². The summed E-state index contributed by atoms with van der Waals surface area (Å²) in [6, 6.07) is 9.23. The summed E-state index contributed by atoms with van der Waals surface area (Å²) < 4.78 is 38.6. The van der Waals surface area contributed by atoms with Crippen molar-refractivity contribution in [1.29, 1.82) is 0 Å². The van der Waals surface area contributed by atoms with Crippen LogP contribution in [0.15, 0.2) is 42.7 Å². The molecule has 0 unspecified atom stereocenters. The number of aromatic nitrogens is 1. The molecule has 2 aliphatic rings. The first-order valence-corrected chi connectivity index (χ1v) is 9.54. The number of pyridine rings is 1. The number of rotatable bonds is 5. The second-order valence-electron chi connectivity index (χ2n) is 7.62. The van der Waals surface area contributed by atoms with Gasteiger partial charge in [-0.25, -0.2) is 0 Å². The van der Waals surface area contributed by atoms with Crippen LogP contribution in [-0.2, 0) is 17.4 Å². The van der Waals surface area contributed by atoms with Gasteiger partial charge < -0.3 is 10.2 Å². The highest BCUT2D eigenvalue weighted by molar-refractivity contribution is 5.79. The Labute approximate surface area is 161 Å². The van der Waals surface area contributed by atoms with Gasteiger partial charge in [-0.15, -0.1) is 0 Å². The smallest absolute Gasteiger partial charge is 0.368 e. The summed E-state index contributed by atoms with van der Waals surface area (Å²) in [5, 5.41) is 3.00. The molecule has 1 saturated heterocycles. The van der Waals surface area contributed by atoms with Crippen LogP contribution in [0.2, 0.25) is 0 Å². The first-order valence-electron chi connectivity index (χ1n) is 9.54. The summed E-state index contributed by atoms with van der Waals surface area (Å²) in [6.07, 6.45) is 1.35. The first kappa shape index (κ1) is 18.8. The van der Waals surface area contributed by atoms with E-state index in [2.05, 4.69) is 22.4 Å². The first-order chi connectivity index (χ1) is 13.4. The summed E-state index contributed by atoms with van der Waals surface area (Å²) in [5.41, 5.74) is 1.98. The van der Waals surface area contributed by atoms with Crippen LogP contribution in [0.1, 0.15) is 41.9 Å². The second kappa shape index (κ2) is 7.45. The fourth-order valence-corrected chi connectivity index (χ4v) is 3.66. The average Bonchev–Trinajstić information content (AvgIpc) is 3.41. The summed E-state index contributed by atoms with van der Waals surface area (Å²) in [5.74, 6) is 0.630. The Bertz CT molecular complexity index is 847. The van der Waals surface area contributed by atoms with Crippen LogP contribution in [-0.4, -0.2) is 30.0 Å². The third kappa shape index (κ3) is 4.46. The van der Waals surface area contributed by atoms with Gasteiger partial charge in [0.25, 0.3) is 0 Å². The molecule has 1 N–H and O–H groups in total. The van der Waals surface area contributed by atoms with E-state index in [4.69, 9.17) is 0 Å². The van der Waals surface area contributed by atoms with Crippen molar-refractivity contribution in [2.75, 3.05) is 18.0 Å². The number of carbonyl (C=O) groups is 1. The number of nitrogens with zero attached hydrogens (tertiary/aromatic N) is 2. The number of halogens is 3. The Morgan fingerprint density at radius 3 is 2.57 bits per heavy atom. The van der Waals surface area contributed by atoms with E-state index in [1.807, 2.05) is 17.0 Å². The normalized spacial score (nSPS) is 19.7. The van der Waals surface area contributed by atoms with Gasteiger partial charge in [0.15, 0.2) is 0 Å². The van der Waals surface area contributed by atoms with Crippen molar-refractivity contribution < 1.29 is 18.0 Å². The van der Waals surface area contributed by atoms with Gasteiger partial charge >= 0.3 is 6.18 Å². The van der Waals surface area contributed by atoms with E-state index in [9.17, 15) is 18.0 Å². The molecule has 2 fully saturated rings. The van der Waals surface area contributed by atoms with E-state index in [-0.39, 0.29) is 11.9 Å². The number of hydrogen-bond donors (Lipinski definition) is 1. The molecular weight excluding hydrogens is 367 g/mol. The molecule has 1 saturated carbocycles. The van der Waals surface area contributed by atoms with Gasteiger partial charge in [0.2, 0.25) is 5.91 Å². The molecule has 1 atom stereocenters. The Morgan fingerprint density at radius 1 is 1.14 bits per heavy atom. The Kier molecular flexibility index (Phi) is 5.00. The maximum absolute atomic E-state index is 12.9. The van der Waals surface area contributed by atoms with E-state index >= 15 is 0 Å². The van der Waals surface area contributed by atoms with E-state index in [0.717, 1.165) is 17.8 Å². The number of anilines is 1. The van der Waals surface area contributed by atoms with Crippen LogP contribution in [0.3, 0.4) is 0 Å². The van der Waals surface area contributed by atoms with E-state index in [1.54, 1.807) is 0 Å². The van der Waals surface area contributed by atoms with Gasteiger partial charge in [0.1, 0.15) is 0 Å². The fourth-order valence-electron chi connectivity index (χ4n) is 3.66. The zero-order valence-electron chi connectivity index (χ0n) is 15.4. The number of alkyl halides is 3. The number of hydrogen-bond acceptors (Lipinski definition) is 3. The summed E-state index contributed by atoms with van der Waals surface area (Å²) in [4.78, 5) is 17.9. The third-order valence-electron chi connectivity index (χ3n) is 5.36. The largest absolute Gasteiger partial charge is 0.417 e. The maximum atomic E-state index is 12.9. The molecule has 0 bridgehead atoms. The number of benzene rings is 1. The number of amides is 1. The molecule has 148 valence electrons. The van der Waals surface area contributed by atoms with Crippen LogP contribution in [0.25, 0.3) is 0 Å². The standard InChI is InChI=1S/C21H22F3N3O/c22-21(23,24)17-10-19(12-25-11-17)27-8-7-18(13-27)26-20(28)9-14-1-3-15(4-2-14)16-5-6-16/h1-4,10-12,16,18H,5-9,13H2,(H,26,28)/t18-/m1/s1. The SMILES string of the molecule is O=C(Cc1ccc(C2CC2)cc1)N[C@@H]1CCN(c2cncc(C(F)(F)F)c2)C1. The highest BCUT2D eigenvalue weighted by Gasteiger charge is 2.32. The zero-order chi connectivity index (χ0) is 19.7. The Hall–Kier alpha value is -2.57. The Balaban J connectivity index is 1.31. The number of carbonyl (C=O) groups excluding carboxylic acids is 1. The molecule has 1 aliphatic carbocycles. The molecule has 0 radical (unpaired) electrons. The van der Waals surface area contributed by atoms with Crippen molar-refractivity contribution in [1.82, 2.24) is 10.3 Å². The highest BCUT2D eigenvalue weighted by atomic mass is 19.4. The summed E-state index contributed by atoms with van der Waals surface area (Å²) in [6.45, 7) is 1.07. The van der Waals surface area contributed by atoms with Gasteiger partial charge in [-0.1, -0.05) is 24.3 Å². The van der Waals surface area contributed by atoms with E-state index in [1.165, 1.54) is 24.6 Å². The molecular formula is C21H22F3N3O. The van der Waals surface area contributed by atoms with Crippen molar-refractivity contribution in [3.05, 3.63) is 59.4 Å². The van der Waals surface area contributed by atoms with Crippen LogP contribution >= 0.6 is 0 Å². The topological polar surface area (TPSA) is 45.2 Å². The van der Waals surface area contributed by atoms with Crippen molar-refractivity contribution in [2.24, 2.45) is 0 Å². The van der Waals surface area contributed by atoms with Gasteiger partial charge in [-0.3, -0.25) is 9.78 Å². The minimum atomic E-state index is -4.41. The summed E-state index contributed by atoms with van der Waals surface area (Å²) >= 11 is 0. The van der Waals surface area contributed by atoms with Crippen LogP contribution in [0, 0.1) is 0 Å². The molecule has 1 aliphatic heterocycles. The van der Waals surface area contributed by atoms with Crippen molar-refractivity contribution in [3.63, 3.8) is 0 Å². The van der Waals surface area contributed by atoms with Crippen LogP contribution in [0.4, 0.5) is 18.9 Å². The zero-order valence-corrected chi connectivity index (χ0v) is 15.4. The average molecular weight is 389 g/mol. The van der Waals surface area contributed by atoms with E-state index in [0.29, 0.717) is 37.5 Å². The minimum Gasteiger partial charge on any atom is -0.368 e. The molecule has 7 heteroatoms. The Morgan fingerprint density at radius 2 is 1.89 bits per heavy atom.